The highest BCUT2D eigenvalue weighted by molar-refractivity contribution is 5.76. The molecule has 0 spiro atoms. The van der Waals surface area contributed by atoms with Gasteiger partial charge >= 0.3 is 0 Å². The normalized spacial score (nSPS) is 22.6. The second-order valence-electron chi connectivity index (χ2n) is 14.1. The second kappa shape index (κ2) is 32.1. The van der Waals surface area contributed by atoms with Gasteiger partial charge in [-0.25, -0.2) is 0 Å². The molecule has 0 aliphatic carbocycles. The quantitative estimate of drug-likeness (QED) is 0.0314. The molecule has 7 atom stereocenters. The Morgan fingerprint density at radius 1 is 0.660 bits per heavy atom. The number of carbonyl (C=O) groups is 1. The zero-order valence-corrected chi connectivity index (χ0v) is 31.6. The molecule has 6 N–H and O–H groups in total. The summed E-state index contributed by atoms with van der Waals surface area (Å²) in [7, 11) is 0. The van der Waals surface area contributed by atoms with Crippen LogP contribution in [0, 0.1) is 0 Å². The summed E-state index contributed by atoms with van der Waals surface area (Å²) in [6.07, 6.45) is 30.5. The Hall–Kier alpha value is -1.59. The Balaban J connectivity index is 2.47. The standard InChI is InChI=1S/C41H75NO8/c1-3-5-7-9-11-13-15-16-17-18-19-20-21-22-24-26-28-30-35(44)34(33-49-41-40(48)39(47)38(46)36(32-43)50-41)42-37(45)31-29-27-25-23-14-12-10-8-6-4-2/h17-18,21-22,28,30,34-36,38-41,43-44,46-48H,3-16,19-20,23-27,29,31-33H2,1-2H3,(H,42,45)/b18-17+,22-21+,30-28+. The monoisotopic (exact) mass is 710 g/mol. The summed E-state index contributed by atoms with van der Waals surface area (Å²) in [5.74, 6) is -0.196. The maximum atomic E-state index is 12.8. The molecule has 0 saturated carbocycles. The highest BCUT2D eigenvalue weighted by Crippen LogP contribution is 2.22. The lowest BCUT2D eigenvalue weighted by molar-refractivity contribution is -0.302. The molecule has 0 radical (unpaired) electrons. The van der Waals surface area contributed by atoms with Gasteiger partial charge in [0.1, 0.15) is 24.4 Å². The van der Waals surface area contributed by atoms with Crippen molar-refractivity contribution in [1.29, 1.82) is 0 Å². The molecule has 0 aromatic rings. The Morgan fingerprint density at radius 2 is 1.14 bits per heavy atom. The van der Waals surface area contributed by atoms with Crippen molar-refractivity contribution >= 4 is 5.91 Å². The van der Waals surface area contributed by atoms with Crippen molar-refractivity contribution in [1.82, 2.24) is 5.32 Å². The lowest BCUT2D eigenvalue weighted by Crippen LogP contribution is -2.60. The summed E-state index contributed by atoms with van der Waals surface area (Å²) in [5.41, 5.74) is 0. The van der Waals surface area contributed by atoms with E-state index in [4.69, 9.17) is 9.47 Å². The van der Waals surface area contributed by atoms with E-state index in [1.165, 1.54) is 96.3 Å². The largest absolute Gasteiger partial charge is 0.394 e. The average Bonchev–Trinajstić information content (AvgIpc) is 3.11. The number of nitrogens with one attached hydrogen (secondary N) is 1. The molecule has 1 fully saturated rings. The fourth-order valence-corrected chi connectivity index (χ4v) is 6.13. The van der Waals surface area contributed by atoms with E-state index in [9.17, 15) is 30.3 Å². The zero-order chi connectivity index (χ0) is 36.7. The summed E-state index contributed by atoms with van der Waals surface area (Å²) >= 11 is 0. The summed E-state index contributed by atoms with van der Waals surface area (Å²) < 4.78 is 11.1. The van der Waals surface area contributed by atoms with Crippen LogP contribution in [0.3, 0.4) is 0 Å². The smallest absolute Gasteiger partial charge is 0.220 e. The minimum absolute atomic E-state index is 0.196. The van der Waals surface area contributed by atoms with Gasteiger partial charge in [0.2, 0.25) is 5.91 Å². The minimum Gasteiger partial charge on any atom is -0.394 e. The van der Waals surface area contributed by atoms with E-state index in [0.29, 0.717) is 6.42 Å². The van der Waals surface area contributed by atoms with Crippen LogP contribution in [0.1, 0.15) is 162 Å². The van der Waals surface area contributed by atoms with Crippen molar-refractivity contribution < 1.29 is 39.8 Å². The molecular formula is C41H75NO8. The molecule has 50 heavy (non-hydrogen) atoms. The van der Waals surface area contributed by atoms with Crippen LogP contribution < -0.4 is 5.32 Å². The number of amides is 1. The molecule has 1 amide bonds. The van der Waals surface area contributed by atoms with Gasteiger partial charge in [-0.15, -0.1) is 0 Å². The third-order valence-corrected chi connectivity index (χ3v) is 9.45. The number of rotatable bonds is 32. The van der Waals surface area contributed by atoms with E-state index in [0.717, 1.165) is 44.9 Å². The molecule has 7 unspecified atom stereocenters. The van der Waals surface area contributed by atoms with E-state index < -0.39 is 49.5 Å². The molecule has 1 heterocycles. The molecule has 9 nitrogen and oxygen atoms in total. The molecule has 292 valence electrons. The minimum atomic E-state index is -1.57. The number of allylic oxidation sites excluding steroid dienone is 5. The van der Waals surface area contributed by atoms with Crippen LogP contribution in [0.25, 0.3) is 0 Å². The van der Waals surface area contributed by atoms with E-state index in [-0.39, 0.29) is 12.5 Å². The Morgan fingerprint density at radius 3 is 1.68 bits per heavy atom. The van der Waals surface area contributed by atoms with Crippen molar-refractivity contribution in [2.75, 3.05) is 13.2 Å². The van der Waals surface area contributed by atoms with Gasteiger partial charge in [-0.3, -0.25) is 4.79 Å². The maximum absolute atomic E-state index is 12.8. The number of ether oxygens (including phenoxy) is 2. The van der Waals surface area contributed by atoms with Crippen LogP contribution in [0.5, 0.6) is 0 Å². The topological polar surface area (TPSA) is 149 Å². The van der Waals surface area contributed by atoms with Gasteiger partial charge in [0, 0.05) is 6.42 Å². The third-order valence-electron chi connectivity index (χ3n) is 9.45. The molecule has 1 aliphatic rings. The number of aliphatic hydroxyl groups is 5. The fourth-order valence-electron chi connectivity index (χ4n) is 6.13. The summed E-state index contributed by atoms with van der Waals surface area (Å²) in [4.78, 5) is 12.8. The number of unbranched alkanes of at least 4 members (excludes halogenated alkanes) is 18. The fraction of sp³-hybridized carbons (Fsp3) is 0.829. The van der Waals surface area contributed by atoms with E-state index in [1.54, 1.807) is 6.08 Å². The number of hydrogen-bond acceptors (Lipinski definition) is 8. The van der Waals surface area contributed by atoms with Gasteiger partial charge in [-0.2, -0.15) is 0 Å². The number of carbonyl (C=O) groups excluding carboxylic acids is 1. The van der Waals surface area contributed by atoms with Crippen LogP contribution in [0.2, 0.25) is 0 Å². The van der Waals surface area contributed by atoms with Crippen molar-refractivity contribution in [3.63, 3.8) is 0 Å². The maximum Gasteiger partial charge on any atom is 0.220 e. The molecule has 9 heteroatoms. The Bertz CT molecular complexity index is 879. The molecule has 1 saturated heterocycles. The summed E-state index contributed by atoms with van der Waals surface area (Å²) in [5, 5.41) is 53.9. The van der Waals surface area contributed by atoms with Crippen molar-refractivity contribution in [2.24, 2.45) is 0 Å². The first-order chi connectivity index (χ1) is 24.3. The molecular weight excluding hydrogens is 634 g/mol. The first kappa shape index (κ1) is 46.4. The van der Waals surface area contributed by atoms with E-state index in [2.05, 4.69) is 43.5 Å². The first-order valence-electron chi connectivity index (χ1n) is 20.2. The van der Waals surface area contributed by atoms with Gasteiger partial charge in [0.15, 0.2) is 6.29 Å². The van der Waals surface area contributed by atoms with Crippen LogP contribution in [0.4, 0.5) is 0 Å². The van der Waals surface area contributed by atoms with Crippen LogP contribution in [-0.2, 0) is 14.3 Å². The number of aliphatic hydroxyl groups excluding tert-OH is 5. The van der Waals surface area contributed by atoms with Crippen LogP contribution in [0.15, 0.2) is 36.5 Å². The van der Waals surface area contributed by atoms with Crippen LogP contribution >= 0.6 is 0 Å². The lowest BCUT2D eigenvalue weighted by Gasteiger charge is -2.40. The first-order valence-corrected chi connectivity index (χ1v) is 20.2. The zero-order valence-electron chi connectivity index (χ0n) is 31.6. The Labute approximate surface area is 304 Å². The van der Waals surface area contributed by atoms with Gasteiger partial charge in [-0.05, 0) is 44.9 Å². The number of hydrogen-bond donors (Lipinski definition) is 6. The molecule has 0 bridgehead atoms. The SMILES string of the molecule is CCCCCCCCC/C=C/CC/C=C/CC/C=C/C(O)C(COC1OC(CO)C(O)C(O)C1O)NC(=O)CCCCCCCCCCCC. The van der Waals surface area contributed by atoms with Gasteiger partial charge in [0.25, 0.3) is 0 Å². The molecule has 1 rings (SSSR count). The van der Waals surface area contributed by atoms with Gasteiger partial charge < -0.3 is 40.3 Å². The van der Waals surface area contributed by atoms with Crippen molar-refractivity contribution in [2.45, 2.75) is 204 Å². The summed E-state index contributed by atoms with van der Waals surface area (Å²) in [6.45, 7) is 3.70. The van der Waals surface area contributed by atoms with Crippen LogP contribution in [-0.4, -0.2) is 87.5 Å². The predicted molar refractivity (Wildman–Crippen MR) is 203 cm³/mol. The van der Waals surface area contributed by atoms with E-state index in [1.807, 2.05) is 6.08 Å². The molecule has 0 aromatic heterocycles. The Kier molecular flexibility index (Phi) is 29.8. The molecule has 1 aliphatic heterocycles. The predicted octanol–water partition coefficient (Wildman–Crippen LogP) is 7.33. The van der Waals surface area contributed by atoms with E-state index >= 15 is 0 Å². The molecule has 0 aromatic carbocycles. The van der Waals surface area contributed by atoms with Crippen molar-refractivity contribution in [3.05, 3.63) is 36.5 Å². The second-order valence-corrected chi connectivity index (χ2v) is 14.1. The van der Waals surface area contributed by atoms with Gasteiger partial charge in [0.05, 0.1) is 25.4 Å². The highest BCUT2D eigenvalue weighted by atomic mass is 16.7. The lowest BCUT2D eigenvalue weighted by atomic mass is 9.99. The highest BCUT2D eigenvalue weighted by Gasteiger charge is 2.44. The van der Waals surface area contributed by atoms with Crippen molar-refractivity contribution in [3.8, 4) is 0 Å². The van der Waals surface area contributed by atoms with Gasteiger partial charge in [-0.1, -0.05) is 147 Å². The third kappa shape index (κ3) is 23.1. The summed E-state index contributed by atoms with van der Waals surface area (Å²) in [6, 6.07) is -0.822. The average molecular weight is 710 g/mol.